The molecule has 2 aromatic carbocycles. The van der Waals surface area contributed by atoms with Gasteiger partial charge in [-0.2, -0.15) is 0 Å². The van der Waals surface area contributed by atoms with Crippen LogP contribution in [0.15, 0.2) is 48.5 Å². The lowest BCUT2D eigenvalue weighted by molar-refractivity contribution is -0.118. The van der Waals surface area contributed by atoms with Crippen LogP contribution in [0.2, 0.25) is 5.02 Å². The molecule has 0 bridgehead atoms. The summed E-state index contributed by atoms with van der Waals surface area (Å²) in [5, 5.41) is 3.60. The Hall–Kier alpha value is -2.33. The van der Waals surface area contributed by atoms with Crippen molar-refractivity contribution < 1.29 is 9.59 Å². The maximum Gasteiger partial charge on any atom is 0.254 e. The minimum absolute atomic E-state index is 0.0336. The summed E-state index contributed by atoms with van der Waals surface area (Å²) in [6.45, 7) is 4.46. The fraction of sp³-hybridized carbons (Fsp3) is 0.364. The van der Waals surface area contributed by atoms with Crippen LogP contribution in [0, 0.1) is 5.92 Å². The molecule has 2 aromatic rings. The third kappa shape index (κ3) is 4.69. The zero-order valence-corrected chi connectivity index (χ0v) is 16.5. The van der Waals surface area contributed by atoms with E-state index in [1.807, 2.05) is 43.0 Å². The molecule has 0 radical (unpaired) electrons. The number of likely N-dealkylation sites (tertiary alicyclic amines) is 1. The smallest absolute Gasteiger partial charge is 0.254 e. The molecule has 27 heavy (non-hydrogen) atoms. The molecule has 4 nitrogen and oxygen atoms in total. The number of carbonyl (C=O) groups is 2. The quantitative estimate of drug-likeness (QED) is 0.806. The molecule has 1 heterocycles. The molecule has 3 rings (SSSR count). The molecule has 142 valence electrons. The minimum Gasteiger partial charge on any atom is -0.335 e. The van der Waals surface area contributed by atoms with E-state index in [2.05, 4.69) is 5.32 Å². The predicted octanol–water partition coefficient (Wildman–Crippen LogP) is 4.78. The van der Waals surface area contributed by atoms with E-state index >= 15 is 0 Å². The number of nitrogens with one attached hydrogen (secondary N) is 1. The third-order valence-corrected chi connectivity index (χ3v) is 5.34. The van der Waals surface area contributed by atoms with Crippen molar-refractivity contribution in [3.05, 3.63) is 64.7 Å². The number of benzene rings is 2. The van der Waals surface area contributed by atoms with Crippen LogP contribution in [0.3, 0.4) is 0 Å². The highest BCUT2D eigenvalue weighted by molar-refractivity contribution is 6.31. The summed E-state index contributed by atoms with van der Waals surface area (Å²) >= 11 is 6.29. The molecule has 5 heteroatoms. The predicted molar refractivity (Wildman–Crippen MR) is 109 cm³/mol. The number of amides is 2. The highest BCUT2D eigenvalue weighted by atomic mass is 35.5. The first-order valence-electron chi connectivity index (χ1n) is 9.41. The van der Waals surface area contributed by atoms with Crippen LogP contribution in [-0.2, 0) is 11.2 Å². The van der Waals surface area contributed by atoms with Gasteiger partial charge in [0.1, 0.15) is 0 Å². The van der Waals surface area contributed by atoms with Crippen molar-refractivity contribution in [3.63, 3.8) is 0 Å². The van der Waals surface area contributed by atoms with E-state index in [-0.39, 0.29) is 23.8 Å². The molecule has 1 saturated heterocycles. The van der Waals surface area contributed by atoms with Crippen LogP contribution < -0.4 is 5.32 Å². The second-order valence-corrected chi connectivity index (χ2v) is 7.72. The first kappa shape index (κ1) is 19.4. The van der Waals surface area contributed by atoms with E-state index in [1.165, 1.54) is 0 Å². The largest absolute Gasteiger partial charge is 0.335 e. The molecule has 1 aliphatic rings. The molecular formula is C22H25ClN2O2. The minimum atomic E-state index is -0.0820. The van der Waals surface area contributed by atoms with Crippen molar-refractivity contribution in [1.82, 2.24) is 4.90 Å². The molecule has 0 aromatic heterocycles. The summed E-state index contributed by atoms with van der Waals surface area (Å²) < 4.78 is 0. The Morgan fingerprint density at radius 1 is 1.15 bits per heavy atom. The Kier molecular flexibility index (Phi) is 6.17. The highest BCUT2D eigenvalue weighted by Crippen LogP contribution is 2.26. The fourth-order valence-electron chi connectivity index (χ4n) is 3.38. The SMILES string of the molecule is CC(C)C(=O)Nc1ccc(C(=O)N2CCCC2Cc2ccccc2Cl)cc1. The van der Waals surface area contributed by atoms with E-state index in [4.69, 9.17) is 11.6 Å². The first-order chi connectivity index (χ1) is 13.0. The van der Waals surface area contributed by atoms with Gasteiger partial charge in [0.15, 0.2) is 0 Å². The molecule has 1 atom stereocenters. The Balaban J connectivity index is 1.69. The van der Waals surface area contributed by atoms with Crippen molar-refractivity contribution in [1.29, 1.82) is 0 Å². The van der Waals surface area contributed by atoms with Gasteiger partial charge in [-0.1, -0.05) is 43.6 Å². The van der Waals surface area contributed by atoms with E-state index in [0.717, 1.165) is 36.4 Å². The van der Waals surface area contributed by atoms with Gasteiger partial charge in [0.25, 0.3) is 5.91 Å². The Morgan fingerprint density at radius 2 is 1.85 bits per heavy atom. The summed E-state index contributed by atoms with van der Waals surface area (Å²) in [6, 6.07) is 15.1. The zero-order valence-electron chi connectivity index (χ0n) is 15.7. The van der Waals surface area contributed by atoms with Gasteiger partial charge < -0.3 is 10.2 Å². The Labute approximate surface area is 165 Å². The zero-order chi connectivity index (χ0) is 19.4. The number of nitrogens with zero attached hydrogens (tertiary/aromatic N) is 1. The summed E-state index contributed by atoms with van der Waals surface area (Å²) in [7, 11) is 0. The van der Waals surface area contributed by atoms with Crippen molar-refractivity contribution in [2.24, 2.45) is 5.92 Å². The standard InChI is InChI=1S/C22H25ClN2O2/c1-15(2)21(26)24-18-11-9-16(10-12-18)22(27)25-13-5-7-19(25)14-17-6-3-4-8-20(17)23/h3-4,6,8-12,15,19H,5,7,13-14H2,1-2H3,(H,24,26). The second kappa shape index (κ2) is 8.57. The molecule has 1 aliphatic heterocycles. The van der Waals surface area contributed by atoms with Gasteiger partial charge in [-0.25, -0.2) is 0 Å². The van der Waals surface area contributed by atoms with Gasteiger partial charge in [0.05, 0.1) is 0 Å². The van der Waals surface area contributed by atoms with E-state index in [1.54, 1.807) is 24.3 Å². The second-order valence-electron chi connectivity index (χ2n) is 7.31. The average molecular weight is 385 g/mol. The third-order valence-electron chi connectivity index (χ3n) is 4.98. The van der Waals surface area contributed by atoms with E-state index < -0.39 is 0 Å². The number of hydrogen-bond donors (Lipinski definition) is 1. The summed E-state index contributed by atoms with van der Waals surface area (Å²) in [4.78, 5) is 26.7. The van der Waals surface area contributed by atoms with Gasteiger partial charge in [0.2, 0.25) is 5.91 Å². The van der Waals surface area contributed by atoms with Crippen LogP contribution in [-0.4, -0.2) is 29.3 Å². The van der Waals surface area contributed by atoms with Crippen LogP contribution in [0.4, 0.5) is 5.69 Å². The van der Waals surface area contributed by atoms with Gasteiger partial charge >= 0.3 is 0 Å². The van der Waals surface area contributed by atoms with Gasteiger partial charge in [0, 0.05) is 34.8 Å². The number of halogens is 1. The van der Waals surface area contributed by atoms with Gasteiger partial charge in [-0.3, -0.25) is 9.59 Å². The monoisotopic (exact) mass is 384 g/mol. The topological polar surface area (TPSA) is 49.4 Å². The van der Waals surface area contributed by atoms with Crippen molar-refractivity contribution in [3.8, 4) is 0 Å². The average Bonchev–Trinajstić information content (AvgIpc) is 3.11. The van der Waals surface area contributed by atoms with Crippen LogP contribution in [0.25, 0.3) is 0 Å². The number of anilines is 1. The molecule has 0 aliphatic carbocycles. The van der Waals surface area contributed by atoms with Crippen molar-refractivity contribution in [2.45, 2.75) is 39.2 Å². The summed E-state index contributed by atoms with van der Waals surface area (Å²) in [6.07, 6.45) is 2.76. The van der Waals surface area contributed by atoms with Crippen LogP contribution >= 0.6 is 11.6 Å². The Morgan fingerprint density at radius 3 is 2.52 bits per heavy atom. The molecule has 1 N–H and O–H groups in total. The van der Waals surface area contributed by atoms with Crippen LogP contribution in [0.5, 0.6) is 0 Å². The number of rotatable bonds is 5. The van der Waals surface area contributed by atoms with Crippen LogP contribution in [0.1, 0.15) is 42.6 Å². The lowest BCUT2D eigenvalue weighted by Gasteiger charge is -2.25. The molecular weight excluding hydrogens is 360 g/mol. The number of carbonyl (C=O) groups excluding carboxylic acids is 2. The maximum atomic E-state index is 13.0. The van der Waals surface area contributed by atoms with Gasteiger partial charge in [-0.15, -0.1) is 0 Å². The van der Waals surface area contributed by atoms with Crippen molar-refractivity contribution in [2.75, 3.05) is 11.9 Å². The molecule has 0 spiro atoms. The van der Waals surface area contributed by atoms with Gasteiger partial charge in [-0.05, 0) is 55.2 Å². The Bertz CT molecular complexity index is 817. The lowest BCUT2D eigenvalue weighted by Crippen LogP contribution is -2.36. The number of hydrogen-bond acceptors (Lipinski definition) is 2. The lowest BCUT2D eigenvalue weighted by atomic mass is 10.0. The molecule has 2 amide bonds. The van der Waals surface area contributed by atoms with E-state index in [9.17, 15) is 9.59 Å². The first-order valence-corrected chi connectivity index (χ1v) is 9.79. The molecule has 1 fully saturated rings. The molecule has 0 saturated carbocycles. The summed E-state index contributed by atoms with van der Waals surface area (Å²) in [5.74, 6) is -0.0822. The maximum absolute atomic E-state index is 13.0. The fourth-order valence-corrected chi connectivity index (χ4v) is 3.59. The van der Waals surface area contributed by atoms with E-state index in [0.29, 0.717) is 11.3 Å². The summed E-state index contributed by atoms with van der Waals surface area (Å²) in [5.41, 5.74) is 2.43. The van der Waals surface area contributed by atoms with Crippen molar-refractivity contribution >= 4 is 29.1 Å². The molecule has 1 unspecified atom stereocenters. The highest BCUT2D eigenvalue weighted by Gasteiger charge is 2.29. The normalized spacial score (nSPS) is 16.6.